The highest BCUT2D eigenvalue weighted by Gasteiger charge is 2.44. The Labute approximate surface area is 99.2 Å². The zero-order valence-corrected chi connectivity index (χ0v) is 8.86. The van der Waals surface area contributed by atoms with E-state index >= 15 is 0 Å². The molecule has 1 aromatic rings. The first kappa shape index (κ1) is 14.0. The molecule has 0 radical (unpaired) electrons. The first-order valence-electron chi connectivity index (χ1n) is 4.60. The van der Waals surface area contributed by atoms with E-state index in [9.17, 15) is 27.9 Å². The summed E-state index contributed by atoms with van der Waals surface area (Å²) in [6, 6.07) is 3.03. The summed E-state index contributed by atoms with van der Waals surface area (Å²) in [5.41, 5.74) is 4.85. The predicted octanol–water partition coefficient (Wildman–Crippen LogP) is -0.136. The van der Waals surface area contributed by atoms with Gasteiger partial charge in [0.15, 0.2) is 0 Å². The number of carbonyl (C=O) groups is 2. The molecule has 0 atom stereocenters. The Morgan fingerprint density at radius 1 is 1.06 bits per heavy atom. The van der Waals surface area contributed by atoms with Crippen LogP contribution in [0.1, 0.15) is 11.1 Å². The van der Waals surface area contributed by atoms with Crippen molar-refractivity contribution >= 4 is 11.8 Å². The second-order valence-corrected chi connectivity index (χ2v) is 3.52. The van der Waals surface area contributed by atoms with Crippen molar-refractivity contribution in [3.05, 3.63) is 35.4 Å². The molecule has 98 valence electrons. The number of nitrogens with two attached hydrogens (primary N) is 2. The molecule has 18 heavy (non-hydrogen) atoms. The second-order valence-electron chi connectivity index (χ2n) is 3.52. The molecule has 0 saturated carbocycles. The highest BCUT2D eigenvalue weighted by Crippen LogP contribution is 2.32. The molecule has 1 aromatic carbocycles. The monoisotopic (exact) mass is 262 g/mol. The van der Waals surface area contributed by atoms with E-state index in [1.165, 1.54) is 0 Å². The van der Waals surface area contributed by atoms with Gasteiger partial charge in [-0.1, -0.05) is 12.1 Å². The maximum Gasteiger partial charge on any atom is 0.416 e. The van der Waals surface area contributed by atoms with Gasteiger partial charge in [0, 0.05) is 5.56 Å². The Morgan fingerprint density at radius 2 is 1.50 bits per heavy atom. The molecule has 0 aliphatic heterocycles. The van der Waals surface area contributed by atoms with Gasteiger partial charge in [-0.15, -0.1) is 0 Å². The fourth-order valence-electron chi connectivity index (χ4n) is 1.33. The van der Waals surface area contributed by atoms with Crippen molar-refractivity contribution < 1.29 is 27.9 Å². The van der Waals surface area contributed by atoms with E-state index in [4.69, 9.17) is 11.5 Å². The SMILES string of the molecule is NC(=O)C(O)(C(N)=O)c1cccc(C(F)(F)F)c1. The minimum Gasteiger partial charge on any atom is -0.368 e. The number of carbonyl (C=O) groups excluding carboxylic acids is 2. The largest absolute Gasteiger partial charge is 0.416 e. The number of primary amides is 2. The van der Waals surface area contributed by atoms with Crippen LogP contribution in [-0.4, -0.2) is 16.9 Å². The number of benzene rings is 1. The Hall–Kier alpha value is -2.09. The molecule has 5 nitrogen and oxygen atoms in total. The lowest BCUT2D eigenvalue weighted by atomic mass is 9.91. The summed E-state index contributed by atoms with van der Waals surface area (Å²) in [6.07, 6.45) is -4.69. The van der Waals surface area contributed by atoms with Crippen LogP contribution in [0.4, 0.5) is 13.2 Å². The van der Waals surface area contributed by atoms with Crippen molar-refractivity contribution in [1.29, 1.82) is 0 Å². The number of amides is 2. The van der Waals surface area contributed by atoms with Crippen LogP contribution in [0, 0.1) is 0 Å². The molecule has 0 heterocycles. The Kier molecular flexibility index (Phi) is 3.34. The highest BCUT2D eigenvalue weighted by molar-refractivity contribution is 6.07. The van der Waals surface area contributed by atoms with Gasteiger partial charge in [-0.2, -0.15) is 13.2 Å². The van der Waals surface area contributed by atoms with Gasteiger partial charge in [-0.3, -0.25) is 9.59 Å². The predicted molar refractivity (Wildman–Crippen MR) is 53.7 cm³/mol. The summed E-state index contributed by atoms with van der Waals surface area (Å²) < 4.78 is 37.3. The van der Waals surface area contributed by atoms with Crippen molar-refractivity contribution in [3.63, 3.8) is 0 Å². The number of hydrogen-bond donors (Lipinski definition) is 3. The number of alkyl halides is 3. The smallest absolute Gasteiger partial charge is 0.368 e. The molecule has 0 bridgehead atoms. The van der Waals surface area contributed by atoms with E-state index in [-0.39, 0.29) is 0 Å². The number of aliphatic hydroxyl groups is 1. The van der Waals surface area contributed by atoms with Gasteiger partial charge >= 0.3 is 6.18 Å². The van der Waals surface area contributed by atoms with E-state index in [1.54, 1.807) is 0 Å². The summed E-state index contributed by atoms with van der Waals surface area (Å²) in [5.74, 6) is -3.09. The molecule has 0 aliphatic carbocycles. The van der Waals surface area contributed by atoms with E-state index in [1.807, 2.05) is 0 Å². The topological polar surface area (TPSA) is 106 Å². The number of rotatable bonds is 3. The summed E-state index contributed by atoms with van der Waals surface area (Å²) in [5, 5.41) is 9.71. The Morgan fingerprint density at radius 3 is 1.89 bits per heavy atom. The zero-order chi connectivity index (χ0) is 14.1. The second kappa shape index (κ2) is 4.30. The minimum atomic E-state index is -4.69. The molecule has 5 N–H and O–H groups in total. The summed E-state index contributed by atoms with van der Waals surface area (Å²) in [4.78, 5) is 22.0. The summed E-state index contributed by atoms with van der Waals surface area (Å²) in [7, 11) is 0. The van der Waals surface area contributed by atoms with Crippen molar-refractivity contribution in [2.75, 3.05) is 0 Å². The van der Waals surface area contributed by atoms with Gasteiger partial charge in [0.05, 0.1) is 5.56 Å². The van der Waals surface area contributed by atoms with Gasteiger partial charge < -0.3 is 16.6 Å². The summed E-state index contributed by atoms with van der Waals surface area (Å²) >= 11 is 0. The molecular weight excluding hydrogens is 253 g/mol. The first-order chi connectivity index (χ1) is 8.10. The van der Waals surface area contributed by atoms with Crippen LogP contribution in [0.5, 0.6) is 0 Å². The van der Waals surface area contributed by atoms with Crippen molar-refractivity contribution in [2.45, 2.75) is 11.8 Å². The molecule has 0 aromatic heterocycles. The molecule has 0 spiro atoms. The molecule has 2 amide bonds. The zero-order valence-electron chi connectivity index (χ0n) is 8.86. The van der Waals surface area contributed by atoms with Crippen LogP contribution >= 0.6 is 0 Å². The lowest BCUT2D eigenvalue weighted by Gasteiger charge is -2.22. The average molecular weight is 262 g/mol. The lowest BCUT2D eigenvalue weighted by molar-refractivity contribution is -0.151. The van der Waals surface area contributed by atoms with Crippen LogP contribution < -0.4 is 11.5 Å². The van der Waals surface area contributed by atoms with Gasteiger partial charge in [-0.25, -0.2) is 0 Å². The van der Waals surface area contributed by atoms with Crippen molar-refractivity contribution in [3.8, 4) is 0 Å². The van der Waals surface area contributed by atoms with E-state index in [2.05, 4.69) is 0 Å². The third-order valence-corrected chi connectivity index (χ3v) is 2.32. The van der Waals surface area contributed by atoms with Crippen LogP contribution in [0.3, 0.4) is 0 Å². The lowest BCUT2D eigenvalue weighted by Crippen LogP contribution is -2.51. The Balaban J connectivity index is 3.41. The number of halogens is 3. The first-order valence-corrected chi connectivity index (χ1v) is 4.60. The third-order valence-electron chi connectivity index (χ3n) is 2.32. The van der Waals surface area contributed by atoms with Gasteiger partial charge in [0.2, 0.25) is 5.60 Å². The van der Waals surface area contributed by atoms with E-state index in [0.717, 1.165) is 12.1 Å². The standard InChI is InChI=1S/C10H9F3N2O3/c11-10(12,13)6-3-1-2-5(4-6)9(18,7(14)16)8(15)17/h1-4,18H,(H2,14,16)(H2,15,17). The average Bonchev–Trinajstić information content (AvgIpc) is 2.26. The quantitative estimate of drug-likeness (QED) is 0.660. The normalized spacial score (nSPS) is 12.2. The molecular formula is C10H9F3N2O3. The molecule has 0 fully saturated rings. The molecule has 8 heteroatoms. The minimum absolute atomic E-state index is 0.440. The van der Waals surface area contributed by atoms with Gasteiger partial charge in [0.25, 0.3) is 11.8 Å². The fraction of sp³-hybridized carbons (Fsp3) is 0.200. The van der Waals surface area contributed by atoms with Gasteiger partial charge in [0.1, 0.15) is 0 Å². The van der Waals surface area contributed by atoms with E-state index < -0.39 is 34.7 Å². The highest BCUT2D eigenvalue weighted by atomic mass is 19.4. The third kappa shape index (κ3) is 2.28. The van der Waals surface area contributed by atoms with Crippen molar-refractivity contribution in [1.82, 2.24) is 0 Å². The van der Waals surface area contributed by atoms with Gasteiger partial charge in [-0.05, 0) is 12.1 Å². The van der Waals surface area contributed by atoms with Crippen LogP contribution in [0.25, 0.3) is 0 Å². The number of hydrogen-bond acceptors (Lipinski definition) is 3. The van der Waals surface area contributed by atoms with Crippen LogP contribution in [0.15, 0.2) is 24.3 Å². The Bertz CT molecular complexity index is 485. The van der Waals surface area contributed by atoms with E-state index in [0.29, 0.717) is 12.1 Å². The van der Waals surface area contributed by atoms with Crippen LogP contribution in [0.2, 0.25) is 0 Å². The summed E-state index contributed by atoms with van der Waals surface area (Å²) in [6.45, 7) is 0. The molecule has 0 unspecified atom stereocenters. The van der Waals surface area contributed by atoms with Crippen LogP contribution in [-0.2, 0) is 21.4 Å². The van der Waals surface area contributed by atoms with Crippen molar-refractivity contribution in [2.24, 2.45) is 11.5 Å². The maximum atomic E-state index is 12.4. The fourth-order valence-corrected chi connectivity index (χ4v) is 1.33. The molecule has 0 aliphatic rings. The molecule has 0 saturated heterocycles. The molecule has 1 rings (SSSR count). The maximum absolute atomic E-state index is 12.4.